The van der Waals surface area contributed by atoms with Gasteiger partial charge in [0.1, 0.15) is 11.5 Å². The summed E-state index contributed by atoms with van der Waals surface area (Å²) in [5.74, 6) is -0.489. The summed E-state index contributed by atoms with van der Waals surface area (Å²) < 4.78 is 10.6. The van der Waals surface area contributed by atoms with E-state index < -0.39 is 17.4 Å². The van der Waals surface area contributed by atoms with Gasteiger partial charge in [-0.1, -0.05) is 18.9 Å². The molecule has 6 heteroatoms. The average Bonchev–Trinajstić information content (AvgIpc) is 2.54. The second-order valence-corrected chi connectivity index (χ2v) is 6.42. The highest BCUT2D eigenvalue weighted by atomic mass is 16.5. The molecule has 0 saturated heterocycles. The number of carbonyl (C=O) groups is 2. The molecule has 1 saturated carbocycles. The van der Waals surface area contributed by atoms with Crippen LogP contribution in [0.4, 0.5) is 0 Å². The molecule has 1 aromatic rings. The fourth-order valence-corrected chi connectivity index (χ4v) is 3.50. The molecule has 1 aliphatic carbocycles. The van der Waals surface area contributed by atoms with Gasteiger partial charge in [-0.2, -0.15) is 0 Å². The molecule has 1 aliphatic rings. The smallest absolute Gasteiger partial charge is 0.308 e. The molecule has 0 heterocycles. The second-order valence-electron chi connectivity index (χ2n) is 6.42. The summed E-state index contributed by atoms with van der Waals surface area (Å²) in [6.07, 6.45) is 3.12. The molecule has 0 aliphatic heterocycles. The maximum absolute atomic E-state index is 12.6. The van der Waals surface area contributed by atoms with Gasteiger partial charge in [-0.3, -0.25) is 9.59 Å². The predicted molar refractivity (Wildman–Crippen MR) is 89.4 cm³/mol. The van der Waals surface area contributed by atoms with Crippen LogP contribution < -0.4 is 14.8 Å². The molecule has 2 atom stereocenters. The Morgan fingerprint density at radius 2 is 1.88 bits per heavy atom. The van der Waals surface area contributed by atoms with E-state index in [1.165, 1.54) is 0 Å². The van der Waals surface area contributed by atoms with Crippen molar-refractivity contribution in [3.8, 4) is 11.5 Å². The maximum atomic E-state index is 12.6. The summed E-state index contributed by atoms with van der Waals surface area (Å²) in [5.41, 5.74) is -0.0672. The summed E-state index contributed by atoms with van der Waals surface area (Å²) in [5, 5.41) is 12.4. The van der Waals surface area contributed by atoms with Crippen LogP contribution in [0.3, 0.4) is 0 Å². The van der Waals surface area contributed by atoms with E-state index in [9.17, 15) is 14.7 Å². The lowest BCUT2D eigenvalue weighted by atomic mass is 9.74. The van der Waals surface area contributed by atoms with Gasteiger partial charge < -0.3 is 19.9 Å². The van der Waals surface area contributed by atoms with Crippen LogP contribution in [0.1, 0.15) is 38.2 Å². The van der Waals surface area contributed by atoms with Crippen molar-refractivity contribution >= 4 is 11.9 Å². The Bertz CT molecular complexity index is 593. The summed E-state index contributed by atoms with van der Waals surface area (Å²) in [4.78, 5) is 24.1. The molecule has 1 amide bonds. The highest BCUT2D eigenvalue weighted by Crippen LogP contribution is 2.34. The van der Waals surface area contributed by atoms with Crippen LogP contribution >= 0.6 is 0 Å². The molecule has 0 radical (unpaired) electrons. The third-order valence-corrected chi connectivity index (χ3v) is 4.80. The first-order valence-electron chi connectivity index (χ1n) is 8.15. The largest absolute Gasteiger partial charge is 0.496 e. The standard InChI is InChI=1S/C18H25NO5/c1-18(10-5-4-7-13(18)17(21)22)19-16(20)11-12-14(23-2)8-6-9-15(12)24-3/h6,8-9,13H,4-5,7,10-11H2,1-3H3,(H,19,20)(H,21,22). The lowest BCUT2D eigenvalue weighted by molar-refractivity contribution is -0.146. The van der Waals surface area contributed by atoms with Crippen molar-refractivity contribution in [3.05, 3.63) is 23.8 Å². The minimum absolute atomic E-state index is 0.0785. The van der Waals surface area contributed by atoms with Crippen LogP contribution in [-0.2, 0) is 16.0 Å². The molecule has 2 rings (SSSR count). The number of methoxy groups -OCH3 is 2. The van der Waals surface area contributed by atoms with Crippen LogP contribution in [0.2, 0.25) is 0 Å². The van der Waals surface area contributed by atoms with Crippen molar-refractivity contribution in [3.63, 3.8) is 0 Å². The number of carboxylic acid groups (broad SMARTS) is 1. The molecule has 0 aromatic heterocycles. The van der Waals surface area contributed by atoms with E-state index in [-0.39, 0.29) is 12.3 Å². The molecule has 1 aromatic carbocycles. The summed E-state index contributed by atoms with van der Waals surface area (Å²) >= 11 is 0. The zero-order chi connectivity index (χ0) is 17.7. The van der Waals surface area contributed by atoms with E-state index in [0.717, 1.165) is 12.8 Å². The van der Waals surface area contributed by atoms with Gasteiger partial charge in [0.15, 0.2) is 0 Å². The maximum Gasteiger partial charge on any atom is 0.308 e. The molecule has 132 valence electrons. The quantitative estimate of drug-likeness (QED) is 0.834. The van der Waals surface area contributed by atoms with Crippen molar-refractivity contribution in [1.29, 1.82) is 0 Å². The van der Waals surface area contributed by atoms with Gasteiger partial charge >= 0.3 is 5.97 Å². The zero-order valence-corrected chi connectivity index (χ0v) is 14.4. The Morgan fingerprint density at radius 3 is 2.42 bits per heavy atom. The SMILES string of the molecule is COc1cccc(OC)c1CC(=O)NC1(C)CCCCC1C(=O)O. The van der Waals surface area contributed by atoms with E-state index in [1.807, 2.05) is 6.92 Å². The van der Waals surface area contributed by atoms with E-state index in [1.54, 1.807) is 32.4 Å². The predicted octanol–water partition coefficient (Wildman–Crippen LogP) is 2.40. The van der Waals surface area contributed by atoms with Crippen LogP contribution in [0, 0.1) is 5.92 Å². The molecule has 0 bridgehead atoms. The van der Waals surface area contributed by atoms with Gasteiger partial charge in [-0.05, 0) is 31.9 Å². The molecule has 1 fully saturated rings. The van der Waals surface area contributed by atoms with Gasteiger partial charge in [0, 0.05) is 5.56 Å². The fourth-order valence-electron chi connectivity index (χ4n) is 3.50. The number of hydrogen-bond acceptors (Lipinski definition) is 4. The van der Waals surface area contributed by atoms with Crippen molar-refractivity contribution in [1.82, 2.24) is 5.32 Å². The summed E-state index contributed by atoms with van der Waals surface area (Å²) in [6, 6.07) is 5.34. The number of benzene rings is 1. The lowest BCUT2D eigenvalue weighted by Crippen LogP contribution is -2.55. The van der Waals surface area contributed by atoms with Crippen LogP contribution in [0.15, 0.2) is 18.2 Å². The van der Waals surface area contributed by atoms with Crippen molar-refractivity contribution in [2.45, 2.75) is 44.6 Å². The first kappa shape index (κ1) is 18.1. The normalized spacial score (nSPS) is 23.4. The number of carboxylic acids is 1. The number of hydrogen-bond donors (Lipinski definition) is 2. The second kappa shape index (κ2) is 7.55. The summed E-state index contributed by atoms with van der Waals surface area (Å²) in [7, 11) is 3.08. The molecular weight excluding hydrogens is 310 g/mol. The number of amides is 1. The van der Waals surface area contributed by atoms with E-state index >= 15 is 0 Å². The summed E-state index contributed by atoms with van der Waals surface area (Å²) in [6.45, 7) is 1.82. The van der Waals surface area contributed by atoms with E-state index in [2.05, 4.69) is 5.32 Å². The first-order chi connectivity index (χ1) is 11.4. The van der Waals surface area contributed by atoms with E-state index in [4.69, 9.17) is 9.47 Å². The minimum atomic E-state index is -0.854. The average molecular weight is 335 g/mol. The molecule has 6 nitrogen and oxygen atoms in total. The monoisotopic (exact) mass is 335 g/mol. The van der Waals surface area contributed by atoms with Gasteiger partial charge in [0.2, 0.25) is 5.91 Å². The molecule has 0 spiro atoms. The Morgan fingerprint density at radius 1 is 1.25 bits per heavy atom. The Kier molecular flexibility index (Phi) is 5.70. The van der Waals surface area contributed by atoms with Crippen LogP contribution in [0.25, 0.3) is 0 Å². The van der Waals surface area contributed by atoms with Gasteiger partial charge in [0.25, 0.3) is 0 Å². The van der Waals surface area contributed by atoms with Gasteiger partial charge in [-0.25, -0.2) is 0 Å². The number of rotatable bonds is 6. The Balaban J connectivity index is 2.17. The first-order valence-corrected chi connectivity index (χ1v) is 8.15. The molecule has 24 heavy (non-hydrogen) atoms. The number of aliphatic carboxylic acids is 1. The highest BCUT2D eigenvalue weighted by Gasteiger charge is 2.42. The Labute approximate surface area is 142 Å². The van der Waals surface area contributed by atoms with Crippen molar-refractivity contribution in [2.75, 3.05) is 14.2 Å². The number of ether oxygens (including phenoxy) is 2. The highest BCUT2D eigenvalue weighted by molar-refractivity contribution is 5.82. The third kappa shape index (κ3) is 3.80. The molecule has 2 N–H and O–H groups in total. The van der Waals surface area contributed by atoms with Crippen molar-refractivity contribution < 1.29 is 24.2 Å². The topological polar surface area (TPSA) is 84.9 Å². The fraction of sp³-hybridized carbons (Fsp3) is 0.556. The van der Waals surface area contributed by atoms with Crippen LogP contribution in [0.5, 0.6) is 11.5 Å². The van der Waals surface area contributed by atoms with Crippen LogP contribution in [-0.4, -0.2) is 36.7 Å². The third-order valence-electron chi connectivity index (χ3n) is 4.80. The van der Waals surface area contributed by atoms with Gasteiger partial charge in [-0.15, -0.1) is 0 Å². The lowest BCUT2D eigenvalue weighted by Gasteiger charge is -2.39. The van der Waals surface area contributed by atoms with Gasteiger partial charge in [0.05, 0.1) is 32.1 Å². The van der Waals surface area contributed by atoms with E-state index in [0.29, 0.717) is 29.9 Å². The number of carbonyl (C=O) groups excluding carboxylic acids is 1. The Hall–Kier alpha value is -2.24. The zero-order valence-electron chi connectivity index (χ0n) is 14.4. The molecular formula is C18H25NO5. The molecule has 2 unspecified atom stereocenters. The van der Waals surface area contributed by atoms with Crippen molar-refractivity contribution in [2.24, 2.45) is 5.92 Å². The minimum Gasteiger partial charge on any atom is -0.496 e. The number of nitrogens with one attached hydrogen (secondary N) is 1.